The van der Waals surface area contributed by atoms with Crippen LogP contribution < -0.4 is 5.73 Å². The lowest BCUT2D eigenvalue weighted by Gasteiger charge is -1.90. The van der Waals surface area contributed by atoms with Crippen molar-refractivity contribution in [2.75, 3.05) is 0 Å². The van der Waals surface area contributed by atoms with Gasteiger partial charge in [-0.25, -0.2) is 4.98 Å². The Labute approximate surface area is 63.8 Å². The molecular formula is C7H9N3O. The zero-order valence-corrected chi connectivity index (χ0v) is 5.95. The van der Waals surface area contributed by atoms with Crippen molar-refractivity contribution in [3.8, 4) is 0 Å². The first-order valence-electron chi connectivity index (χ1n) is 3.56. The summed E-state index contributed by atoms with van der Waals surface area (Å²) in [5, 5.41) is 0. The molecular weight excluding hydrogens is 142 g/mol. The summed E-state index contributed by atoms with van der Waals surface area (Å²) in [5.74, 6) is 0.134. The maximum Gasteiger partial charge on any atom is 0.221 e. The highest BCUT2D eigenvalue weighted by Crippen LogP contribution is 2.45. The zero-order valence-electron chi connectivity index (χ0n) is 5.95. The Morgan fingerprint density at radius 3 is 3.09 bits per heavy atom. The quantitative estimate of drug-likeness (QED) is 0.624. The fourth-order valence-corrected chi connectivity index (χ4v) is 1.32. The van der Waals surface area contributed by atoms with Crippen LogP contribution in [0.25, 0.3) is 0 Å². The highest BCUT2D eigenvalue weighted by molar-refractivity contribution is 5.80. The highest BCUT2D eigenvalue weighted by atomic mass is 16.1. The molecule has 1 aliphatic carbocycles. The lowest BCUT2D eigenvalue weighted by molar-refractivity contribution is -0.119. The van der Waals surface area contributed by atoms with E-state index in [9.17, 15) is 4.79 Å². The maximum atomic E-state index is 10.7. The van der Waals surface area contributed by atoms with Crippen LogP contribution in [0.15, 0.2) is 12.5 Å². The molecule has 0 spiro atoms. The van der Waals surface area contributed by atoms with Crippen molar-refractivity contribution in [3.63, 3.8) is 0 Å². The third-order valence-electron chi connectivity index (χ3n) is 2.07. The van der Waals surface area contributed by atoms with E-state index in [1.54, 1.807) is 12.5 Å². The molecule has 2 atom stereocenters. The molecule has 1 aromatic rings. The molecule has 1 aromatic heterocycles. The number of primary amides is 1. The van der Waals surface area contributed by atoms with Crippen LogP contribution in [0.4, 0.5) is 0 Å². The van der Waals surface area contributed by atoms with Gasteiger partial charge in [-0.1, -0.05) is 0 Å². The Balaban J connectivity index is 2.08. The fourth-order valence-electron chi connectivity index (χ4n) is 1.32. The van der Waals surface area contributed by atoms with Gasteiger partial charge in [0.25, 0.3) is 0 Å². The van der Waals surface area contributed by atoms with Crippen molar-refractivity contribution in [2.24, 2.45) is 11.7 Å². The maximum absolute atomic E-state index is 10.7. The number of imidazole rings is 1. The third kappa shape index (κ3) is 1.00. The standard InChI is InChI=1S/C7H9N3O/c8-7(11)5-1-4(5)6-2-9-3-10-6/h2-5H,1H2,(H2,8,11)(H,9,10)/t4-,5-/m1/s1. The van der Waals surface area contributed by atoms with Crippen LogP contribution in [0, 0.1) is 5.92 Å². The Morgan fingerprint density at radius 1 is 1.82 bits per heavy atom. The second-order valence-corrected chi connectivity index (χ2v) is 2.86. The number of nitrogens with one attached hydrogen (secondary N) is 1. The van der Waals surface area contributed by atoms with Gasteiger partial charge >= 0.3 is 0 Å². The first-order valence-corrected chi connectivity index (χ1v) is 3.56. The van der Waals surface area contributed by atoms with E-state index >= 15 is 0 Å². The number of H-pyrrole nitrogens is 1. The van der Waals surface area contributed by atoms with Crippen LogP contribution >= 0.6 is 0 Å². The van der Waals surface area contributed by atoms with Crippen molar-refractivity contribution < 1.29 is 4.79 Å². The minimum absolute atomic E-state index is 0.0375. The summed E-state index contributed by atoms with van der Waals surface area (Å²) < 4.78 is 0. The number of aromatic nitrogens is 2. The van der Waals surface area contributed by atoms with Gasteiger partial charge in [0.1, 0.15) is 0 Å². The average Bonchev–Trinajstić information content (AvgIpc) is 2.60. The summed E-state index contributed by atoms with van der Waals surface area (Å²) in [6, 6.07) is 0. The monoisotopic (exact) mass is 151 g/mol. The smallest absolute Gasteiger partial charge is 0.221 e. The number of carbonyl (C=O) groups excluding carboxylic acids is 1. The summed E-state index contributed by atoms with van der Waals surface area (Å²) >= 11 is 0. The second-order valence-electron chi connectivity index (χ2n) is 2.86. The van der Waals surface area contributed by atoms with E-state index in [0.717, 1.165) is 12.1 Å². The van der Waals surface area contributed by atoms with Crippen molar-refractivity contribution in [1.82, 2.24) is 9.97 Å². The van der Waals surface area contributed by atoms with Gasteiger partial charge in [0, 0.05) is 23.7 Å². The normalized spacial score (nSPS) is 28.4. The molecule has 0 radical (unpaired) electrons. The molecule has 1 saturated carbocycles. The minimum Gasteiger partial charge on any atom is -0.369 e. The summed E-state index contributed by atoms with van der Waals surface area (Å²) in [6.45, 7) is 0. The summed E-state index contributed by atoms with van der Waals surface area (Å²) in [6.07, 6.45) is 4.23. The summed E-state index contributed by atoms with van der Waals surface area (Å²) in [4.78, 5) is 17.5. The van der Waals surface area contributed by atoms with Gasteiger partial charge in [-0.3, -0.25) is 4.79 Å². The number of nitrogens with two attached hydrogens (primary N) is 1. The molecule has 1 heterocycles. The molecule has 1 fully saturated rings. The first kappa shape index (κ1) is 6.39. The lowest BCUT2D eigenvalue weighted by Crippen LogP contribution is -2.13. The first-order chi connectivity index (χ1) is 5.29. The number of aromatic amines is 1. The SMILES string of the molecule is NC(=O)[C@@H]1C[C@H]1c1cnc[nH]1. The minimum atomic E-state index is -0.204. The Kier molecular flexibility index (Phi) is 1.21. The van der Waals surface area contributed by atoms with Gasteiger partial charge in [-0.15, -0.1) is 0 Å². The van der Waals surface area contributed by atoms with Crippen molar-refractivity contribution in [3.05, 3.63) is 18.2 Å². The van der Waals surface area contributed by atoms with E-state index in [-0.39, 0.29) is 11.8 Å². The number of amides is 1. The van der Waals surface area contributed by atoms with E-state index < -0.39 is 0 Å². The fraction of sp³-hybridized carbons (Fsp3) is 0.429. The van der Waals surface area contributed by atoms with Crippen LogP contribution in [0.1, 0.15) is 18.0 Å². The molecule has 4 heteroatoms. The molecule has 0 saturated heterocycles. The van der Waals surface area contributed by atoms with Crippen LogP contribution in [-0.4, -0.2) is 15.9 Å². The Hall–Kier alpha value is -1.32. The number of hydrogen-bond donors (Lipinski definition) is 2. The van der Waals surface area contributed by atoms with E-state index in [1.807, 2.05) is 0 Å². The van der Waals surface area contributed by atoms with Crippen LogP contribution in [0.5, 0.6) is 0 Å². The summed E-state index contributed by atoms with van der Waals surface area (Å²) in [7, 11) is 0. The Morgan fingerprint density at radius 2 is 2.64 bits per heavy atom. The molecule has 0 aliphatic heterocycles. The molecule has 11 heavy (non-hydrogen) atoms. The molecule has 0 unspecified atom stereocenters. The number of hydrogen-bond acceptors (Lipinski definition) is 2. The molecule has 3 N–H and O–H groups in total. The van der Waals surface area contributed by atoms with Crippen LogP contribution in [-0.2, 0) is 4.79 Å². The average molecular weight is 151 g/mol. The van der Waals surface area contributed by atoms with Gasteiger partial charge in [-0.05, 0) is 6.42 Å². The molecule has 58 valence electrons. The molecule has 2 rings (SSSR count). The van der Waals surface area contributed by atoms with Gasteiger partial charge in [0.15, 0.2) is 0 Å². The largest absolute Gasteiger partial charge is 0.369 e. The third-order valence-corrected chi connectivity index (χ3v) is 2.07. The number of nitrogens with zero attached hydrogens (tertiary/aromatic N) is 1. The highest BCUT2D eigenvalue weighted by Gasteiger charge is 2.43. The topological polar surface area (TPSA) is 71.8 Å². The molecule has 1 amide bonds. The van der Waals surface area contributed by atoms with Gasteiger partial charge in [0.05, 0.1) is 6.33 Å². The molecule has 1 aliphatic rings. The molecule has 4 nitrogen and oxygen atoms in total. The van der Waals surface area contributed by atoms with Crippen molar-refractivity contribution in [2.45, 2.75) is 12.3 Å². The van der Waals surface area contributed by atoms with E-state index in [0.29, 0.717) is 5.92 Å². The van der Waals surface area contributed by atoms with Crippen molar-refractivity contribution in [1.29, 1.82) is 0 Å². The lowest BCUT2D eigenvalue weighted by atomic mass is 10.2. The predicted octanol–water partition coefficient (Wildman–Crippen LogP) is -0.00150. The van der Waals surface area contributed by atoms with Crippen LogP contribution in [0.3, 0.4) is 0 Å². The van der Waals surface area contributed by atoms with Gasteiger partial charge in [-0.2, -0.15) is 0 Å². The Bertz CT molecular complexity index is 267. The van der Waals surface area contributed by atoms with E-state index in [1.165, 1.54) is 0 Å². The zero-order chi connectivity index (χ0) is 7.84. The van der Waals surface area contributed by atoms with Crippen LogP contribution in [0.2, 0.25) is 0 Å². The van der Waals surface area contributed by atoms with Gasteiger partial charge < -0.3 is 10.7 Å². The number of carbonyl (C=O) groups is 1. The summed E-state index contributed by atoms with van der Waals surface area (Å²) in [5.41, 5.74) is 6.14. The second kappa shape index (κ2) is 2.08. The predicted molar refractivity (Wildman–Crippen MR) is 38.6 cm³/mol. The number of rotatable bonds is 2. The van der Waals surface area contributed by atoms with E-state index in [2.05, 4.69) is 9.97 Å². The molecule has 0 aromatic carbocycles. The van der Waals surface area contributed by atoms with Gasteiger partial charge in [0.2, 0.25) is 5.91 Å². The van der Waals surface area contributed by atoms with E-state index in [4.69, 9.17) is 5.73 Å². The molecule has 0 bridgehead atoms. The van der Waals surface area contributed by atoms with Crippen molar-refractivity contribution >= 4 is 5.91 Å².